The van der Waals surface area contributed by atoms with Crippen molar-refractivity contribution >= 4 is 17.5 Å². The molecule has 1 aromatic carbocycles. The lowest BCUT2D eigenvalue weighted by molar-refractivity contribution is 0.0782. The largest absolute Gasteiger partial charge is 0.487 e. The van der Waals surface area contributed by atoms with E-state index in [0.29, 0.717) is 16.3 Å². The first kappa shape index (κ1) is 12.2. The third-order valence-electron chi connectivity index (χ3n) is 2.55. The number of nitrogens with one attached hydrogen (secondary N) is 1. The Morgan fingerprint density at radius 2 is 2.29 bits per heavy atom. The molecule has 6 heteroatoms. The number of hydrazine groups is 1. The van der Waals surface area contributed by atoms with Crippen LogP contribution in [0.1, 0.15) is 10.4 Å². The summed E-state index contributed by atoms with van der Waals surface area (Å²) < 4.78 is 5.68. The van der Waals surface area contributed by atoms with Crippen LogP contribution in [0.3, 0.4) is 0 Å². The maximum absolute atomic E-state index is 11.9. The SMILES string of the molecule is CN(N)C(=O)c1c(Cl)cccc1OC1CNC1. The molecule has 1 heterocycles. The number of halogens is 1. The van der Waals surface area contributed by atoms with E-state index in [1.54, 1.807) is 18.2 Å². The second-order valence-corrected chi connectivity index (χ2v) is 4.33. The quantitative estimate of drug-likeness (QED) is 0.473. The van der Waals surface area contributed by atoms with E-state index in [1.165, 1.54) is 7.05 Å². The Morgan fingerprint density at radius 3 is 2.82 bits per heavy atom. The lowest BCUT2D eigenvalue weighted by Crippen LogP contribution is -2.50. The molecule has 17 heavy (non-hydrogen) atoms. The standard InChI is InChI=1S/C11H14ClN3O2/c1-15(13)11(16)10-8(12)3-2-4-9(10)17-7-5-14-6-7/h2-4,7,14H,5-6,13H2,1H3. The van der Waals surface area contributed by atoms with E-state index < -0.39 is 0 Å². The van der Waals surface area contributed by atoms with Gasteiger partial charge in [0.25, 0.3) is 5.91 Å². The average molecular weight is 256 g/mol. The van der Waals surface area contributed by atoms with Crippen LogP contribution in [-0.2, 0) is 0 Å². The van der Waals surface area contributed by atoms with Crippen molar-refractivity contribution in [3.8, 4) is 5.75 Å². The van der Waals surface area contributed by atoms with Crippen LogP contribution < -0.4 is 15.9 Å². The van der Waals surface area contributed by atoms with Crippen LogP contribution in [0, 0.1) is 0 Å². The van der Waals surface area contributed by atoms with Crippen molar-refractivity contribution in [3.63, 3.8) is 0 Å². The van der Waals surface area contributed by atoms with Gasteiger partial charge in [-0.3, -0.25) is 9.80 Å². The van der Waals surface area contributed by atoms with Gasteiger partial charge in [0, 0.05) is 20.1 Å². The zero-order chi connectivity index (χ0) is 12.4. The molecule has 2 rings (SSSR count). The number of ether oxygens (including phenoxy) is 1. The smallest absolute Gasteiger partial charge is 0.272 e. The Morgan fingerprint density at radius 1 is 1.59 bits per heavy atom. The molecule has 92 valence electrons. The van der Waals surface area contributed by atoms with Crippen LogP contribution in [0.2, 0.25) is 5.02 Å². The first-order chi connectivity index (χ1) is 8.09. The van der Waals surface area contributed by atoms with E-state index in [1.807, 2.05) is 0 Å². The second kappa shape index (κ2) is 4.91. The summed E-state index contributed by atoms with van der Waals surface area (Å²) >= 11 is 6.01. The molecule has 0 aliphatic carbocycles. The highest BCUT2D eigenvalue weighted by Crippen LogP contribution is 2.28. The highest BCUT2D eigenvalue weighted by atomic mass is 35.5. The molecule has 1 saturated heterocycles. The second-order valence-electron chi connectivity index (χ2n) is 3.93. The zero-order valence-corrected chi connectivity index (χ0v) is 10.2. The summed E-state index contributed by atoms with van der Waals surface area (Å²) in [5.41, 5.74) is 0.311. The van der Waals surface area contributed by atoms with Crippen LogP contribution in [0.15, 0.2) is 18.2 Å². The number of hydrogen-bond acceptors (Lipinski definition) is 4. The first-order valence-electron chi connectivity index (χ1n) is 5.28. The van der Waals surface area contributed by atoms with Crippen molar-refractivity contribution in [1.29, 1.82) is 0 Å². The fourth-order valence-corrected chi connectivity index (χ4v) is 1.76. The van der Waals surface area contributed by atoms with Gasteiger partial charge in [0.05, 0.1) is 5.02 Å². The van der Waals surface area contributed by atoms with Crippen molar-refractivity contribution in [2.45, 2.75) is 6.10 Å². The van der Waals surface area contributed by atoms with Crippen molar-refractivity contribution in [1.82, 2.24) is 10.3 Å². The van der Waals surface area contributed by atoms with Gasteiger partial charge in [-0.1, -0.05) is 17.7 Å². The van der Waals surface area contributed by atoms with Crippen molar-refractivity contribution in [2.24, 2.45) is 5.84 Å². The van der Waals surface area contributed by atoms with Gasteiger partial charge in [0.1, 0.15) is 17.4 Å². The van der Waals surface area contributed by atoms with E-state index in [0.717, 1.165) is 18.1 Å². The highest BCUT2D eigenvalue weighted by molar-refractivity contribution is 6.34. The molecule has 1 fully saturated rings. The molecule has 0 bridgehead atoms. The summed E-state index contributed by atoms with van der Waals surface area (Å²) in [4.78, 5) is 11.9. The predicted octanol–water partition coefficient (Wildman–Crippen LogP) is 0.636. The number of nitrogens with zero attached hydrogens (tertiary/aromatic N) is 1. The molecule has 0 unspecified atom stereocenters. The van der Waals surface area contributed by atoms with Crippen molar-refractivity contribution in [2.75, 3.05) is 20.1 Å². The maximum Gasteiger partial charge on any atom is 0.272 e. The van der Waals surface area contributed by atoms with Gasteiger partial charge in [-0.25, -0.2) is 5.84 Å². The van der Waals surface area contributed by atoms with E-state index in [2.05, 4.69) is 5.32 Å². The number of benzene rings is 1. The molecule has 3 N–H and O–H groups in total. The number of nitrogens with two attached hydrogens (primary N) is 1. The molecular weight excluding hydrogens is 242 g/mol. The first-order valence-corrected chi connectivity index (χ1v) is 5.66. The Labute approximate surface area is 104 Å². The van der Waals surface area contributed by atoms with Crippen LogP contribution in [0.25, 0.3) is 0 Å². The molecular formula is C11H14ClN3O2. The molecule has 0 saturated carbocycles. The molecule has 0 aromatic heterocycles. The molecule has 1 amide bonds. The van der Waals surface area contributed by atoms with E-state index in [9.17, 15) is 4.79 Å². The summed E-state index contributed by atoms with van der Waals surface area (Å²) in [5, 5.41) is 4.43. The average Bonchev–Trinajstić information content (AvgIpc) is 2.22. The summed E-state index contributed by atoms with van der Waals surface area (Å²) in [6, 6.07) is 5.11. The van der Waals surface area contributed by atoms with Gasteiger partial charge in [-0.15, -0.1) is 0 Å². The third kappa shape index (κ3) is 2.52. The van der Waals surface area contributed by atoms with E-state index in [4.69, 9.17) is 22.2 Å². The number of amides is 1. The Kier molecular flexibility index (Phi) is 3.51. The zero-order valence-electron chi connectivity index (χ0n) is 9.44. The minimum Gasteiger partial charge on any atom is -0.487 e. The minimum absolute atomic E-state index is 0.0862. The monoisotopic (exact) mass is 255 g/mol. The fourth-order valence-electron chi connectivity index (χ4n) is 1.51. The molecule has 1 aliphatic rings. The molecule has 5 nitrogen and oxygen atoms in total. The third-order valence-corrected chi connectivity index (χ3v) is 2.86. The number of hydrogen-bond donors (Lipinski definition) is 2. The van der Waals surface area contributed by atoms with Gasteiger partial charge in [-0.05, 0) is 12.1 Å². The number of carbonyl (C=O) groups is 1. The normalized spacial score (nSPS) is 15.2. The molecule has 0 radical (unpaired) electrons. The van der Waals surface area contributed by atoms with Gasteiger partial charge in [0.2, 0.25) is 0 Å². The maximum atomic E-state index is 11.9. The Bertz CT molecular complexity index is 433. The summed E-state index contributed by atoms with van der Waals surface area (Å²) in [6.07, 6.45) is 0.0862. The van der Waals surface area contributed by atoms with Crippen LogP contribution in [-0.4, -0.2) is 37.2 Å². The Hall–Kier alpha value is -1.30. The van der Waals surface area contributed by atoms with Crippen molar-refractivity contribution < 1.29 is 9.53 Å². The van der Waals surface area contributed by atoms with Gasteiger partial charge in [-0.2, -0.15) is 0 Å². The van der Waals surface area contributed by atoms with Crippen LogP contribution >= 0.6 is 11.6 Å². The minimum atomic E-state index is -0.363. The lowest BCUT2D eigenvalue weighted by Gasteiger charge is -2.29. The highest BCUT2D eigenvalue weighted by Gasteiger charge is 2.24. The van der Waals surface area contributed by atoms with Gasteiger partial charge < -0.3 is 10.1 Å². The topological polar surface area (TPSA) is 67.6 Å². The molecule has 0 atom stereocenters. The predicted molar refractivity (Wildman–Crippen MR) is 65.0 cm³/mol. The van der Waals surface area contributed by atoms with E-state index >= 15 is 0 Å². The van der Waals surface area contributed by atoms with Crippen molar-refractivity contribution in [3.05, 3.63) is 28.8 Å². The number of rotatable bonds is 3. The van der Waals surface area contributed by atoms with Crippen LogP contribution in [0.4, 0.5) is 0 Å². The summed E-state index contributed by atoms with van der Waals surface area (Å²) in [5.74, 6) is 5.56. The Balaban J connectivity index is 2.29. The fraction of sp³-hybridized carbons (Fsp3) is 0.364. The number of carbonyl (C=O) groups excluding carboxylic acids is 1. The van der Waals surface area contributed by atoms with Gasteiger partial charge >= 0.3 is 0 Å². The molecule has 0 spiro atoms. The summed E-state index contributed by atoms with van der Waals surface area (Å²) in [7, 11) is 1.47. The molecule has 1 aromatic rings. The van der Waals surface area contributed by atoms with Crippen LogP contribution in [0.5, 0.6) is 5.75 Å². The lowest BCUT2D eigenvalue weighted by atomic mass is 10.1. The molecule has 1 aliphatic heterocycles. The van der Waals surface area contributed by atoms with Gasteiger partial charge in [0.15, 0.2) is 0 Å². The summed E-state index contributed by atoms with van der Waals surface area (Å²) in [6.45, 7) is 1.55. The van der Waals surface area contributed by atoms with E-state index in [-0.39, 0.29) is 12.0 Å².